The summed E-state index contributed by atoms with van der Waals surface area (Å²) in [7, 11) is 0. The first-order valence-electron chi connectivity index (χ1n) is 5.89. The van der Waals surface area contributed by atoms with Crippen LogP contribution in [0.2, 0.25) is 0 Å². The lowest BCUT2D eigenvalue weighted by atomic mass is 9.98. The van der Waals surface area contributed by atoms with Gasteiger partial charge in [-0.15, -0.1) is 0 Å². The van der Waals surface area contributed by atoms with Gasteiger partial charge in [0, 0.05) is 17.9 Å². The van der Waals surface area contributed by atoms with Crippen molar-refractivity contribution in [3.8, 4) is 0 Å². The fourth-order valence-corrected chi connectivity index (χ4v) is 3.54. The van der Waals surface area contributed by atoms with Crippen molar-refractivity contribution in [1.29, 1.82) is 0 Å². The van der Waals surface area contributed by atoms with Crippen LogP contribution in [0.15, 0.2) is 42.2 Å². The van der Waals surface area contributed by atoms with Gasteiger partial charge in [-0.2, -0.15) is 0 Å². The van der Waals surface area contributed by atoms with E-state index in [0.29, 0.717) is 0 Å². The lowest BCUT2D eigenvalue weighted by Crippen LogP contribution is -1.88. The van der Waals surface area contributed by atoms with E-state index in [9.17, 15) is 0 Å². The summed E-state index contributed by atoms with van der Waals surface area (Å²) < 4.78 is 4.25. The molecule has 2 aromatic carbocycles. The number of fused-ring (bicyclic) bond motifs is 2. The van der Waals surface area contributed by atoms with Crippen molar-refractivity contribution in [2.45, 2.75) is 0 Å². The maximum absolute atomic E-state index is 3.55. The van der Waals surface area contributed by atoms with Gasteiger partial charge in [0.1, 0.15) is 0 Å². The van der Waals surface area contributed by atoms with Crippen molar-refractivity contribution in [3.63, 3.8) is 0 Å². The Morgan fingerprint density at radius 2 is 0.600 bits per heavy atom. The molecule has 0 radical (unpaired) electrons. The molecule has 4 heteroatoms. The minimum Gasteiger partial charge on any atom is -0.0537 e. The average Bonchev–Trinajstić information content (AvgIpc) is 2.40. The normalized spacial score (nSPS) is 15.8. The molecule has 1 aliphatic rings. The molecule has 0 amide bonds. The van der Waals surface area contributed by atoms with Crippen molar-refractivity contribution in [3.05, 3.63) is 64.4 Å². The summed E-state index contributed by atoms with van der Waals surface area (Å²) in [4.78, 5) is 0. The monoisotopic (exact) mass is 516 g/mol. The molecule has 0 aromatic heterocycles. The van der Waals surface area contributed by atoms with Crippen molar-refractivity contribution in [2.75, 3.05) is 0 Å². The maximum atomic E-state index is 3.55. The number of hydrogen-bond donors (Lipinski definition) is 0. The maximum Gasteiger partial charge on any atom is 0.0323 e. The van der Waals surface area contributed by atoms with Crippen LogP contribution in [0.3, 0.4) is 0 Å². The fraction of sp³-hybridized carbons (Fsp3) is 0. The Bertz CT molecular complexity index is 630. The van der Waals surface area contributed by atoms with Crippen LogP contribution in [-0.2, 0) is 0 Å². The summed E-state index contributed by atoms with van der Waals surface area (Å²) >= 11 is 14.2. The first-order valence-corrected chi connectivity index (χ1v) is 9.06. The Labute approximate surface area is 151 Å². The number of rotatable bonds is 0. The third-order valence-corrected chi connectivity index (χ3v) is 6.83. The second-order valence-electron chi connectivity index (χ2n) is 4.46. The van der Waals surface area contributed by atoms with Crippen LogP contribution in [0.25, 0.3) is 24.3 Å². The molecule has 0 bridgehead atoms. The number of hydrogen-bond acceptors (Lipinski definition) is 0. The van der Waals surface area contributed by atoms with E-state index in [4.69, 9.17) is 0 Å². The first kappa shape index (κ1) is 14.8. The van der Waals surface area contributed by atoms with Gasteiger partial charge in [0.2, 0.25) is 0 Å². The van der Waals surface area contributed by atoms with Crippen molar-refractivity contribution in [1.82, 2.24) is 0 Å². The van der Waals surface area contributed by atoms with E-state index in [2.05, 4.69) is 112 Å². The van der Waals surface area contributed by atoms with Crippen LogP contribution in [0, 0.1) is 0 Å². The minimum atomic E-state index is 1.06. The SMILES string of the molecule is Brc1cc2c(cc1Br)/C=C\c1cc(Br)c(Br)cc1/C=C\2. The highest BCUT2D eigenvalue weighted by Gasteiger charge is 2.08. The molecule has 100 valence electrons. The Morgan fingerprint density at radius 1 is 0.400 bits per heavy atom. The molecule has 2 aromatic rings. The molecule has 1 aliphatic carbocycles. The molecule has 20 heavy (non-hydrogen) atoms. The zero-order chi connectivity index (χ0) is 14.3. The van der Waals surface area contributed by atoms with E-state index in [0.717, 1.165) is 17.9 Å². The van der Waals surface area contributed by atoms with Crippen molar-refractivity contribution >= 4 is 88.0 Å². The van der Waals surface area contributed by atoms with Gasteiger partial charge < -0.3 is 0 Å². The van der Waals surface area contributed by atoms with Crippen LogP contribution >= 0.6 is 63.7 Å². The zero-order valence-electron chi connectivity index (χ0n) is 10.1. The summed E-state index contributed by atoms with van der Waals surface area (Å²) in [5, 5.41) is 0. The molecule has 0 saturated carbocycles. The van der Waals surface area contributed by atoms with E-state index in [1.54, 1.807) is 0 Å². The molecule has 0 heterocycles. The molecule has 0 fully saturated rings. The van der Waals surface area contributed by atoms with Crippen LogP contribution < -0.4 is 0 Å². The van der Waals surface area contributed by atoms with Crippen LogP contribution in [0.4, 0.5) is 0 Å². The van der Waals surface area contributed by atoms with Crippen LogP contribution in [0.1, 0.15) is 22.3 Å². The van der Waals surface area contributed by atoms with Gasteiger partial charge in [0.25, 0.3) is 0 Å². The molecule has 0 unspecified atom stereocenters. The van der Waals surface area contributed by atoms with E-state index in [1.807, 2.05) is 0 Å². The van der Waals surface area contributed by atoms with Crippen molar-refractivity contribution in [2.24, 2.45) is 0 Å². The first-order chi connectivity index (χ1) is 9.54. The number of halogens is 4. The molecule has 3 rings (SSSR count). The molecule has 0 atom stereocenters. The molecule has 0 aliphatic heterocycles. The zero-order valence-corrected chi connectivity index (χ0v) is 16.5. The van der Waals surface area contributed by atoms with Gasteiger partial charge in [-0.05, 0) is 110 Å². The highest BCUT2D eigenvalue weighted by Crippen LogP contribution is 2.33. The highest BCUT2D eigenvalue weighted by atomic mass is 79.9. The minimum absolute atomic E-state index is 1.06. The molecular weight excluding hydrogens is 512 g/mol. The third kappa shape index (κ3) is 2.89. The van der Waals surface area contributed by atoms with Gasteiger partial charge in [-0.1, -0.05) is 24.3 Å². The Hall–Kier alpha value is -0.160. The van der Waals surface area contributed by atoms with Gasteiger partial charge in [0.05, 0.1) is 0 Å². The topological polar surface area (TPSA) is 0 Å². The predicted molar refractivity (Wildman–Crippen MR) is 102 cm³/mol. The summed E-state index contributed by atoms with van der Waals surface area (Å²) in [6, 6.07) is 8.50. The highest BCUT2D eigenvalue weighted by molar-refractivity contribution is 9.13. The van der Waals surface area contributed by atoms with Gasteiger partial charge in [-0.25, -0.2) is 0 Å². The Balaban J connectivity index is 2.18. The summed E-state index contributed by atoms with van der Waals surface area (Å²) in [5.74, 6) is 0. The summed E-state index contributed by atoms with van der Waals surface area (Å²) in [5.41, 5.74) is 4.78. The largest absolute Gasteiger partial charge is 0.0537 e. The fourth-order valence-electron chi connectivity index (χ4n) is 2.09. The van der Waals surface area contributed by atoms with Gasteiger partial charge in [0.15, 0.2) is 0 Å². The predicted octanol–water partition coefficient (Wildman–Crippen LogP) is 7.39. The summed E-state index contributed by atoms with van der Waals surface area (Å²) in [6.07, 6.45) is 8.59. The molecular formula is C16H8Br4. The lowest BCUT2D eigenvalue weighted by molar-refractivity contribution is 1.50. The van der Waals surface area contributed by atoms with E-state index in [1.165, 1.54) is 22.3 Å². The average molecular weight is 520 g/mol. The van der Waals surface area contributed by atoms with Crippen LogP contribution in [-0.4, -0.2) is 0 Å². The van der Waals surface area contributed by atoms with Crippen molar-refractivity contribution < 1.29 is 0 Å². The Morgan fingerprint density at radius 3 is 0.800 bits per heavy atom. The quantitative estimate of drug-likeness (QED) is 0.290. The standard InChI is InChI=1S/C16H8Br4/c17-13-5-9-1-2-10-6-14(18)16(20)8-12(10)4-3-11(9)7-15(13)19/h1-8H/b2-1-,4-3-,9-1?,10-2?,11-3?,12-4?. The van der Waals surface area contributed by atoms with Gasteiger partial charge >= 0.3 is 0 Å². The third-order valence-electron chi connectivity index (χ3n) is 3.14. The molecule has 0 nitrogen and oxygen atoms in total. The molecule has 0 spiro atoms. The molecule has 0 saturated heterocycles. The lowest BCUT2D eigenvalue weighted by Gasteiger charge is -2.10. The smallest absolute Gasteiger partial charge is 0.0323 e. The van der Waals surface area contributed by atoms with Gasteiger partial charge in [-0.3, -0.25) is 0 Å². The van der Waals surface area contributed by atoms with E-state index >= 15 is 0 Å². The number of benzene rings is 2. The van der Waals surface area contributed by atoms with E-state index < -0.39 is 0 Å². The van der Waals surface area contributed by atoms with Crippen LogP contribution in [0.5, 0.6) is 0 Å². The second-order valence-corrected chi connectivity index (χ2v) is 7.87. The molecule has 0 N–H and O–H groups in total. The Kier molecular flexibility index (Phi) is 4.37. The second kappa shape index (κ2) is 5.91. The van der Waals surface area contributed by atoms with E-state index in [-0.39, 0.29) is 0 Å². The summed E-state index contributed by atoms with van der Waals surface area (Å²) in [6.45, 7) is 0.